The van der Waals surface area contributed by atoms with Crippen LogP contribution in [0.1, 0.15) is 66.7 Å². The lowest BCUT2D eigenvalue weighted by Crippen LogP contribution is -2.62. The van der Waals surface area contributed by atoms with Gasteiger partial charge in [0.1, 0.15) is 0 Å². The summed E-state index contributed by atoms with van der Waals surface area (Å²) in [6.07, 6.45) is 7.13. The summed E-state index contributed by atoms with van der Waals surface area (Å²) in [4.78, 5) is 2.87. The van der Waals surface area contributed by atoms with Crippen LogP contribution < -0.4 is 5.32 Å². The Labute approximate surface area is 126 Å². The Hall–Kier alpha value is -0.0800. The summed E-state index contributed by atoms with van der Waals surface area (Å²) in [5.41, 5.74) is 0. The summed E-state index contributed by atoms with van der Waals surface area (Å²) in [5.74, 6) is 2.50. The Bertz CT molecular complexity index is 283. The first-order valence-electron chi connectivity index (χ1n) is 9.03. The van der Waals surface area contributed by atoms with Crippen LogP contribution in [0.3, 0.4) is 0 Å². The average Bonchev–Trinajstić information content (AvgIpc) is 2.99. The Morgan fingerprint density at radius 1 is 1.10 bits per heavy atom. The van der Waals surface area contributed by atoms with E-state index in [0.717, 1.165) is 29.8 Å². The highest BCUT2D eigenvalue weighted by Gasteiger charge is 2.37. The van der Waals surface area contributed by atoms with E-state index in [1.807, 2.05) is 0 Å². The standard InChI is InChI=1S/C18H36N2/c1-6-14(4)17-12-20(18(11-19-17)13(2)3)15(5)16-9-7-8-10-16/h13-19H,6-12H2,1-5H3. The van der Waals surface area contributed by atoms with Gasteiger partial charge in [-0.05, 0) is 37.5 Å². The van der Waals surface area contributed by atoms with Crippen molar-refractivity contribution < 1.29 is 0 Å². The number of hydrogen-bond donors (Lipinski definition) is 1. The molecule has 1 N–H and O–H groups in total. The molecule has 2 heteroatoms. The monoisotopic (exact) mass is 280 g/mol. The van der Waals surface area contributed by atoms with E-state index in [1.54, 1.807) is 0 Å². The number of nitrogens with zero attached hydrogens (tertiary/aromatic N) is 1. The summed E-state index contributed by atoms with van der Waals surface area (Å²) in [6.45, 7) is 14.5. The van der Waals surface area contributed by atoms with Crippen molar-refractivity contribution in [2.75, 3.05) is 13.1 Å². The van der Waals surface area contributed by atoms with Gasteiger partial charge in [0.2, 0.25) is 0 Å². The van der Waals surface area contributed by atoms with E-state index in [-0.39, 0.29) is 0 Å². The summed E-state index contributed by atoms with van der Waals surface area (Å²) in [7, 11) is 0. The summed E-state index contributed by atoms with van der Waals surface area (Å²) >= 11 is 0. The van der Waals surface area contributed by atoms with Gasteiger partial charge < -0.3 is 5.32 Å². The Morgan fingerprint density at radius 3 is 2.30 bits per heavy atom. The Kier molecular flexibility index (Phi) is 5.92. The van der Waals surface area contributed by atoms with Gasteiger partial charge in [0.15, 0.2) is 0 Å². The van der Waals surface area contributed by atoms with Crippen molar-refractivity contribution in [3.05, 3.63) is 0 Å². The van der Waals surface area contributed by atoms with Gasteiger partial charge in [0.05, 0.1) is 0 Å². The Morgan fingerprint density at radius 2 is 1.75 bits per heavy atom. The lowest BCUT2D eigenvalue weighted by atomic mass is 9.88. The topological polar surface area (TPSA) is 15.3 Å². The molecule has 0 bridgehead atoms. The van der Waals surface area contributed by atoms with Crippen molar-refractivity contribution in [3.63, 3.8) is 0 Å². The van der Waals surface area contributed by atoms with Gasteiger partial charge >= 0.3 is 0 Å². The van der Waals surface area contributed by atoms with Crippen molar-refractivity contribution in [1.29, 1.82) is 0 Å². The molecule has 1 saturated heterocycles. The minimum absolute atomic E-state index is 0.693. The first kappa shape index (κ1) is 16.3. The van der Waals surface area contributed by atoms with E-state index in [9.17, 15) is 0 Å². The average molecular weight is 280 g/mol. The molecule has 2 nitrogen and oxygen atoms in total. The van der Waals surface area contributed by atoms with Crippen molar-refractivity contribution >= 4 is 0 Å². The maximum atomic E-state index is 3.83. The van der Waals surface area contributed by atoms with Crippen LogP contribution in [0.5, 0.6) is 0 Å². The lowest BCUT2D eigenvalue weighted by molar-refractivity contribution is 0.0276. The maximum Gasteiger partial charge on any atom is 0.0247 e. The number of nitrogens with one attached hydrogen (secondary N) is 1. The number of rotatable bonds is 5. The zero-order chi connectivity index (χ0) is 14.7. The highest BCUT2D eigenvalue weighted by atomic mass is 15.3. The summed E-state index contributed by atoms with van der Waals surface area (Å²) < 4.78 is 0. The zero-order valence-corrected chi connectivity index (χ0v) is 14.4. The van der Waals surface area contributed by atoms with E-state index < -0.39 is 0 Å². The SMILES string of the molecule is CCC(C)C1CN(C(C)C2CCCC2)C(C(C)C)CN1. The molecular formula is C18H36N2. The van der Waals surface area contributed by atoms with Gasteiger partial charge in [-0.2, -0.15) is 0 Å². The normalized spacial score (nSPS) is 32.7. The molecular weight excluding hydrogens is 244 g/mol. The molecule has 0 aromatic rings. The fourth-order valence-electron chi connectivity index (χ4n) is 4.28. The van der Waals surface area contributed by atoms with Crippen LogP contribution >= 0.6 is 0 Å². The van der Waals surface area contributed by atoms with Crippen molar-refractivity contribution in [3.8, 4) is 0 Å². The van der Waals surface area contributed by atoms with Crippen LogP contribution in [0.15, 0.2) is 0 Å². The second-order valence-electron chi connectivity index (χ2n) is 7.69. The predicted octanol–water partition coefficient (Wildman–Crippen LogP) is 3.91. The van der Waals surface area contributed by atoms with E-state index in [1.165, 1.54) is 45.2 Å². The number of piperazine rings is 1. The van der Waals surface area contributed by atoms with Crippen LogP contribution in [0.2, 0.25) is 0 Å². The molecule has 0 aromatic carbocycles. The van der Waals surface area contributed by atoms with Gasteiger partial charge in [-0.15, -0.1) is 0 Å². The van der Waals surface area contributed by atoms with E-state index in [4.69, 9.17) is 0 Å². The molecule has 0 radical (unpaired) electrons. The summed E-state index contributed by atoms with van der Waals surface area (Å²) in [5, 5.41) is 3.83. The third-order valence-corrected chi connectivity index (χ3v) is 6.13. The largest absolute Gasteiger partial charge is 0.311 e. The smallest absolute Gasteiger partial charge is 0.0247 e. The van der Waals surface area contributed by atoms with Crippen LogP contribution in [-0.2, 0) is 0 Å². The molecule has 4 unspecified atom stereocenters. The predicted molar refractivity (Wildman–Crippen MR) is 88.0 cm³/mol. The summed E-state index contributed by atoms with van der Waals surface area (Å²) in [6, 6.07) is 2.20. The fourth-order valence-corrected chi connectivity index (χ4v) is 4.28. The van der Waals surface area contributed by atoms with Gasteiger partial charge in [-0.1, -0.05) is 47.0 Å². The van der Waals surface area contributed by atoms with Crippen LogP contribution in [-0.4, -0.2) is 36.1 Å². The van der Waals surface area contributed by atoms with Crippen LogP contribution in [0.4, 0.5) is 0 Å². The van der Waals surface area contributed by atoms with Gasteiger partial charge in [0, 0.05) is 31.2 Å². The second kappa shape index (κ2) is 7.26. The minimum atomic E-state index is 0.693. The van der Waals surface area contributed by atoms with E-state index in [0.29, 0.717) is 6.04 Å². The zero-order valence-electron chi connectivity index (χ0n) is 14.4. The quantitative estimate of drug-likeness (QED) is 0.821. The third kappa shape index (κ3) is 3.57. The molecule has 2 fully saturated rings. The van der Waals surface area contributed by atoms with E-state index >= 15 is 0 Å². The Balaban J connectivity index is 2.05. The third-order valence-electron chi connectivity index (χ3n) is 6.13. The van der Waals surface area contributed by atoms with Crippen LogP contribution in [0.25, 0.3) is 0 Å². The van der Waals surface area contributed by atoms with Gasteiger partial charge in [0.25, 0.3) is 0 Å². The molecule has 1 saturated carbocycles. The molecule has 118 valence electrons. The van der Waals surface area contributed by atoms with Crippen molar-refractivity contribution in [2.24, 2.45) is 17.8 Å². The van der Waals surface area contributed by atoms with E-state index in [2.05, 4.69) is 44.8 Å². The highest BCUT2D eigenvalue weighted by Crippen LogP contribution is 2.33. The number of hydrogen-bond acceptors (Lipinski definition) is 2. The molecule has 2 rings (SSSR count). The minimum Gasteiger partial charge on any atom is -0.311 e. The van der Waals surface area contributed by atoms with Crippen LogP contribution in [0, 0.1) is 17.8 Å². The molecule has 2 aliphatic rings. The molecule has 0 amide bonds. The lowest BCUT2D eigenvalue weighted by Gasteiger charge is -2.48. The van der Waals surface area contributed by atoms with Gasteiger partial charge in [-0.3, -0.25) is 4.90 Å². The molecule has 1 aliphatic heterocycles. The molecule has 0 aromatic heterocycles. The molecule has 1 aliphatic carbocycles. The molecule has 4 atom stereocenters. The molecule has 1 heterocycles. The first-order valence-corrected chi connectivity index (χ1v) is 9.03. The van der Waals surface area contributed by atoms with Crippen molar-refractivity contribution in [1.82, 2.24) is 10.2 Å². The van der Waals surface area contributed by atoms with Gasteiger partial charge in [-0.25, -0.2) is 0 Å². The maximum absolute atomic E-state index is 3.83. The highest BCUT2D eigenvalue weighted by molar-refractivity contribution is 4.94. The fraction of sp³-hybridized carbons (Fsp3) is 1.00. The van der Waals surface area contributed by atoms with Crippen molar-refractivity contribution in [2.45, 2.75) is 84.8 Å². The molecule has 0 spiro atoms. The second-order valence-corrected chi connectivity index (χ2v) is 7.69. The molecule has 20 heavy (non-hydrogen) atoms. The first-order chi connectivity index (χ1) is 9.54.